The second kappa shape index (κ2) is 17.0. The van der Waals surface area contributed by atoms with Crippen LogP contribution >= 0.6 is 11.8 Å². The van der Waals surface area contributed by atoms with E-state index in [1.165, 1.54) is 25.6 Å². The van der Waals surface area contributed by atoms with E-state index in [-0.39, 0.29) is 24.0 Å². The topological polar surface area (TPSA) is 175 Å². The number of benzene rings is 2. The molecule has 49 heavy (non-hydrogen) atoms. The lowest BCUT2D eigenvalue weighted by Crippen LogP contribution is -2.51. The van der Waals surface area contributed by atoms with Crippen LogP contribution < -0.4 is 26.6 Å². The Morgan fingerprint density at radius 3 is 1.88 bits per heavy atom. The van der Waals surface area contributed by atoms with Crippen LogP contribution in [0.4, 0.5) is 10.5 Å². The van der Waals surface area contributed by atoms with E-state index in [1.807, 2.05) is 53.7 Å². The third-order valence-electron chi connectivity index (χ3n) is 6.50. The Morgan fingerprint density at radius 1 is 0.755 bits per heavy atom. The minimum atomic E-state index is -0.972. The summed E-state index contributed by atoms with van der Waals surface area (Å²) in [5, 5.41) is 24.6. The summed E-state index contributed by atoms with van der Waals surface area (Å²) in [7, 11) is 0. The first-order valence-electron chi connectivity index (χ1n) is 16.2. The van der Waals surface area contributed by atoms with E-state index < -0.39 is 52.8 Å². The molecule has 0 heterocycles. The first-order chi connectivity index (χ1) is 22.4. The minimum Gasteiger partial charge on any atom is -0.444 e. The SMILES string of the molecule is C[C@H](NC(=O)OC(C)(C)C)C(=O)N[C@@H](C)C(=O)Nc1ccc(SCC(O)Cc2ccccc2C(=O)NC(C)(C)C)c(C(=O)NC(C)(C)C)c1. The lowest BCUT2D eigenvalue weighted by atomic mass is 10.00. The fourth-order valence-corrected chi connectivity index (χ4v) is 5.31. The third-order valence-corrected chi connectivity index (χ3v) is 7.71. The highest BCUT2D eigenvalue weighted by atomic mass is 32.2. The number of alkyl carbamates (subject to hydrolysis) is 1. The zero-order chi connectivity index (χ0) is 37.3. The van der Waals surface area contributed by atoms with Crippen molar-refractivity contribution < 1.29 is 33.8 Å². The van der Waals surface area contributed by atoms with Crippen LogP contribution in [0, 0.1) is 0 Å². The number of hydrogen-bond donors (Lipinski definition) is 6. The molecule has 12 nitrogen and oxygen atoms in total. The van der Waals surface area contributed by atoms with Crippen molar-refractivity contribution in [1.29, 1.82) is 0 Å². The number of hydrogen-bond acceptors (Lipinski definition) is 8. The van der Waals surface area contributed by atoms with E-state index in [0.29, 0.717) is 27.3 Å². The predicted molar refractivity (Wildman–Crippen MR) is 193 cm³/mol. The number of aliphatic hydroxyl groups is 1. The maximum atomic E-state index is 13.4. The number of amides is 5. The second-order valence-corrected chi connectivity index (χ2v) is 16.1. The van der Waals surface area contributed by atoms with Gasteiger partial charge in [-0.2, -0.15) is 0 Å². The summed E-state index contributed by atoms with van der Waals surface area (Å²) in [4.78, 5) is 64.5. The van der Waals surface area contributed by atoms with Gasteiger partial charge in [-0.15, -0.1) is 11.8 Å². The van der Waals surface area contributed by atoms with Crippen LogP contribution in [-0.2, 0) is 20.7 Å². The third kappa shape index (κ3) is 14.9. The molecule has 270 valence electrons. The van der Waals surface area contributed by atoms with E-state index in [0.717, 1.165) is 0 Å². The molecule has 2 rings (SSSR count). The Morgan fingerprint density at radius 2 is 1.31 bits per heavy atom. The maximum absolute atomic E-state index is 13.4. The van der Waals surface area contributed by atoms with Gasteiger partial charge in [-0.1, -0.05) is 18.2 Å². The Bertz CT molecular complexity index is 1510. The highest BCUT2D eigenvalue weighted by molar-refractivity contribution is 7.99. The summed E-state index contributed by atoms with van der Waals surface area (Å²) in [5.74, 6) is -1.47. The number of carbonyl (C=O) groups is 5. The summed E-state index contributed by atoms with van der Waals surface area (Å²) < 4.78 is 5.17. The molecular weight excluding hydrogens is 646 g/mol. The van der Waals surface area contributed by atoms with Crippen LogP contribution in [0.3, 0.4) is 0 Å². The van der Waals surface area contributed by atoms with Crippen molar-refractivity contribution in [3.05, 3.63) is 59.2 Å². The number of aliphatic hydroxyl groups excluding tert-OH is 1. The van der Waals surface area contributed by atoms with E-state index in [4.69, 9.17) is 4.74 Å². The van der Waals surface area contributed by atoms with Crippen molar-refractivity contribution in [2.75, 3.05) is 11.1 Å². The number of rotatable bonds is 12. The molecule has 0 aromatic heterocycles. The first-order valence-corrected chi connectivity index (χ1v) is 17.2. The number of thioether (sulfide) groups is 1. The van der Waals surface area contributed by atoms with Crippen molar-refractivity contribution in [3.63, 3.8) is 0 Å². The Hall–Kier alpha value is -4.10. The fraction of sp³-hybridized carbons (Fsp3) is 0.528. The van der Waals surface area contributed by atoms with Gasteiger partial charge in [-0.3, -0.25) is 19.2 Å². The quantitative estimate of drug-likeness (QED) is 0.171. The maximum Gasteiger partial charge on any atom is 0.408 e. The summed E-state index contributed by atoms with van der Waals surface area (Å²) in [6.07, 6.45) is -1.36. The predicted octanol–water partition coefficient (Wildman–Crippen LogP) is 4.80. The van der Waals surface area contributed by atoms with Gasteiger partial charge in [0.15, 0.2) is 0 Å². The summed E-state index contributed by atoms with van der Waals surface area (Å²) in [5.41, 5.74) is 0.123. The number of nitrogens with one attached hydrogen (secondary N) is 5. The van der Waals surface area contributed by atoms with Crippen LogP contribution in [0.15, 0.2) is 47.4 Å². The molecule has 13 heteroatoms. The van der Waals surface area contributed by atoms with Crippen molar-refractivity contribution in [2.24, 2.45) is 0 Å². The summed E-state index contributed by atoms with van der Waals surface area (Å²) in [6.45, 7) is 19.3. The highest BCUT2D eigenvalue weighted by Crippen LogP contribution is 2.28. The average Bonchev–Trinajstić information content (AvgIpc) is 2.93. The molecule has 1 unspecified atom stereocenters. The van der Waals surface area contributed by atoms with Gasteiger partial charge in [-0.25, -0.2) is 4.79 Å². The average molecular weight is 700 g/mol. The zero-order valence-corrected chi connectivity index (χ0v) is 31.3. The monoisotopic (exact) mass is 699 g/mol. The normalized spacial score (nSPS) is 13.7. The van der Waals surface area contributed by atoms with Crippen molar-refractivity contribution in [1.82, 2.24) is 21.3 Å². The molecule has 0 fully saturated rings. The molecule has 0 saturated carbocycles. The minimum absolute atomic E-state index is 0.220. The molecule has 2 aromatic rings. The van der Waals surface area contributed by atoms with Gasteiger partial charge >= 0.3 is 6.09 Å². The van der Waals surface area contributed by atoms with Crippen molar-refractivity contribution >= 4 is 47.2 Å². The molecule has 0 saturated heterocycles. The molecule has 3 atom stereocenters. The molecule has 0 aliphatic heterocycles. The lowest BCUT2D eigenvalue weighted by Gasteiger charge is -2.23. The molecule has 0 spiro atoms. The van der Waals surface area contributed by atoms with E-state index in [1.54, 1.807) is 51.1 Å². The van der Waals surface area contributed by atoms with Crippen molar-refractivity contribution in [2.45, 2.75) is 122 Å². The van der Waals surface area contributed by atoms with Gasteiger partial charge in [0.1, 0.15) is 17.7 Å². The number of ether oxygens (including phenoxy) is 1. The molecule has 5 amide bonds. The smallest absolute Gasteiger partial charge is 0.408 e. The molecule has 0 aliphatic carbocycles. The van der Waals surface area contributed by atoms with E-state index in [2.05, 4.69) is 26.6 Å². The molecule has 6 N–H and O–H groups in total. The van der Waals surface area contributed by atoms with Gasteiger partial charge in [-0.05, 0) is 112 Å². The van der Waals surface area contributed by atoms with E-state index in [9.17, 15) is 29.1 Å². The van der Waals surface area contributed by atoms with Gasteiger partial charge in [0.2, 0.25) is 11.8 Å². The first kappa shape index (κ1) is 41.1. The lowest BCUT2D eigenvalue weighted by molar-refractivity contribution is -0.127. The molecular formula is C36H53N5O7S. The summed E-state index contributed by atoms with van der Waals surface area (Å²) in [6, 6.07) is 10.1. The Kier molecular flexibility index (Phi) is 14.3. The van der Waals surface area contributed by atoms with Gasteiger partial charge in [0.25, 0.3) is 11.8 Å². The van der Waals surface area contributed by atoms with Crippen LogP contribution in [0.2, 0.25) is 0 Å². The van der Waals surface area contributed by atoms with Crippen LogP contribution in [0.1, 0.15) is 102 Å². The zero-order valence-electron chi connectivity index (χ0n) is 30.5. The largest absolute Gasteiger partial charge is 0.444 e. The standard InChI is InChI=1S/C36H53N5O7S/c1-21(37-29(43)22(2)38-33(47)48-36(9,10)11)30(44)39-24-16-17-28(27(19-24)32(46)41-35(6,7)8)49-20-25(42)18-23-14-12-13-15-26(23)31(45)40-34(3,4)5/h12-17,19,21-22,25,42H,18,20H2,1-11H3,(H,37,43)(H,38,47)(H,39,44)(H,40,45)(H,41,46)/t21-,22-,25?/m0/s1. The molecule has 2 aromatic carbocycles. The Balaban J connectivity index is 2.16. The van der Waals surface area contributed by atoms with Gasteiger partial charge in [0.05, 0.1) is 11.7 Å². The molecule has 0 radical (unpaired) electrons. The molecule has 0 aliphatic rings. The fourth-order valence-electron chi connectivity index (χ4n) is 4.35. The highest BCUT2D eigenvalue weighted by Gasteiger charge is 2.25. The number of carbonyl (C=O) groups excluding carboxylic acids is 5. The number of anilines is 1. The van der Waals surface area contributed by atoms with Gasteiger partial charge in [0, 0.05) is 33.0 Å². The van der Waals surface area contributed by atoms with Crippen molar-refractivity contribution in [3.8, 4) is 0 Å². The second-order valence-electron chi connectivity index (χ2n) is 15.0. The molecule has 0 bridgehead atoms. The van der Waals surface area contributed by atoms with E-state index >= 15 is 0 Å². The summed E-state index contributed by atoms with van der Waals surface area (Å²) >= 11 is 1.28. The van der Waals surface area contributed by atoms with Crippen LogP contribution in [-0.4, -0.2) is 75.4 Å². The van der Waals surface area contributed by atoms with Crippen LogP contribution in [0.5, 0.6) is 0 Å². The van der Waals surface area contributed by atoms with Crippen LogP contribution in [0.25, 0.3) is 0 Å². The van der Waals surface area contributed by atoms with Gasteiger partial charge < -0.3 is 36.4 Å². The Labute approximate surface area is 294 Å².